The SMILES string of the molecule is CCNc1ncc(S(=O)(=O)N(C)C2CCSC2)cn1. The molecule has 1 N–H and O–H groups in total. The molecule has 106 valence electrons. The topological polar surface area (TPSA) is 75.2 Å². The van der Waals surface area contributed by atoms with Crippen LogP contribution in [0.25, 0.3) is 0 Å². The van der Waals surface area contributed by atoms with Gasteiger partial charge in [-0.2, -0.15) is 16.1 Å². The lowest BCUT2D eigenvalue weighted by Gasteiger charge is -2.22. The summed E-state index contributed by atoms with van der Waals surface area (Å²) in [7, 11) is -1.86. The summed E-state index contributed by atoms with van der Waals surface area (Å²) in [4.78, 5) is 8.17. The van der Waals surface area contributed by atoms with Gasteiger partial charge in [-0.25, -0.2) is 18.4 Å². The second-order valence-electron chi connectivity index (χ2n) is 4.31. The van der Waals surface area contributed by atoms with E-state index in [-0.39, 0.29) is 10.9 Å². The first-order valence-electron chi connectivity index (χ1n) is 6.17. The van der Waals surface area contributed by atoms with Crippen LogP contribution in [0.5, 0.6) is 0 Å². The van der Waals surface area contributed by atoms with Crippen molar-refractivity contribution in [3.63, 3.8) is 0 Å². The predicted octanol–water partition coefficient (Wildman–Crippen LogP) is 1.03. The Morgan fingerprint density at radius 2 is 2.16 bits per heavy atom. The van der Waals surface area contributed by atoms with Crippen molar-refractivity contribution in [3.8, 4) is 0 Å². The van der Waals surface area contributed by atoms with Crippen molar-refractivity contribution in [2.75, 3.05) is 30.4 Å². The molecule has 1 saturated heterocycles. The van der Waals surface area contributed by atoms with E-state index in [1.807, 2.05) is 6.92 Å². The Hall–Kier alpha value is -0.860. The van der Waals surface area contributed by atoms with Crippen molar-refractivity contribution in [2.45, 2.75) is 24.3 Å². The molecular weight excluding hydrogens is 284 g/mol. The van der Waals surface area contributed by atoms with Crippen LogP contribution in [-0.2, 0) is 10.0 Å². The second kappa shape index (κ2) is 6.06. The van der Waals surface area contributed by atoms with Crippen LogP contribution in [0, 0.1) is 0 Å². The van der Waals surface area contributed by atoms with E-state index in [0.29, 0.717) is 12.5 Å². The van der Waals surface area contributed by atoms with E-state index in [1.165, 1.54) is 16.7 Å². The summed E-state index contributed by atoms with van der Waals surface area (Å²) in [5.74, 6) is 2.31. The smallest absolute Gasteiger partial charge is 0.246 e. The van der Waals surface area contributed by atoms with Crippen molar-refractivity contribution < 1.29 is 8.42 Å². The summed E-state index contributed by atoms with van der Waals surface area (Å²) >= 11 is 1.78. The van der Waals surface area contributed by atoms with Crippen LogP contribution in [-0.4, -0.2) is 53.8 Å². The fourth-order valence-electron chi connectivity index (χ4n) is 1.87. The first-order valence-corrected chi connectivity index (χ1v) is 8.77. The maximum atomic E-state index is 12.4. The van der Waals surface area contributed by atoms with Crippen LogP contribution in [0.3, 0.4) is 0 Å². The minimum atomic E-state index is -3.49. The molecule has 0 saturated carbocycles. The van der Waals surface area contributed by atoms with Crippen LogP contribution in [0.2, 0.25) is 0 Å². The Kier molecular flexibility index (Phi) is 4.64. The van der Waals surface area contributed by atoms with Gasteiger partial charge in [0.2, 0.25) is 16.0 Å². The first kappa shape index (κ1) is 14.5. The molecule has 0 aliphatic carbocycles. The van der Waals surface area contributed by atoms with Crippen LogP contribution in [0.1, 0.15) is 13.3 Å². The van der Waals surface area contributed by atoms with E-state index >= 15 is 0 Å². The number of nitrogens with one attached hydrogen (secondary N) is 1. The van der Waals surface area contributed by atoms with Crippen LogP contribution < -0.4 is 5.32 Å². The highest BCUT2D eigenvalue weighted by Gasteiger charge is 2.30. The van der Waals surface area contributed by atoms with E-state index in [1.54, 1.807) is 18.8 Å². The average Bonchev–Trinajstić information content (AvgIpc) is 2.92. The van der Waals surface area contributed by atoms with Gasteiger partial charge < -0.3 is 5.32 Å². The van der Waals surface area contributed by atoms with Gasteiger partial charge in [0.25, 0.3) is 0 Å². The number of nitrogens with zero attached hydrogens (tertiary/aromatic N) is 3. The van der Waals surface area contributed by atoms with Crippen molar-refractivity contribution in [2.24, 2.45) is 0 Å². The zero-order valence-corrected chi connectivity index (χ0v) is 12.7. The van der Waals surface area contributed by atoms with Gasteiger partial charge in [-0.05, 0) is 19.1 Å². The fraction of sp³-hybridized carbons (Fsp3) is 0.636. The molecule has 2 rings (SSSR count). The van der Waals surface area contributed by atoms with Gasteiger partial charge in [-0.1, -0.05) is 0 Å². The number of anilines is 1. The molecule has 1 unspecified atom stereocenters. The third-order valence-electron chi connectivity index (χ3n) is 3.06. The molecule has 1 atom stereocenters. The van der Waals surface area contributed by atoms with E-state index in [9.17, 15) is 8.42 Å². The quantitative estimate of drug-likeness (QED) is 0.876. The lowest BCUT2D eigenvalue weighted by molar-refractivity contribution is 0.394. The summed E-state index contributed by atoms with van der Waals surface area (Å²) in [5.41, 5.74) is 0. The minimum Gasteiger partial charge on any atom is -0.355 e. The highest BCUT2D eigenvalue weighted by Crippen LogP contribution is 2.25. The number of aromatic nitrogens is 2. The summed E-state index contributed by atoms with van der Waals surface area (Å²) in [6.07, 6.45) is 3.62. The Labute approximate surface area is 118 Å². The van der Waals surface area contributed by atoms with Crippen molar-refractivity contribution >= 4 is 27.7 Å². The lowest BCUT2D eigenvalue weighted by Crippen LogP contribution is -2.37. The van der Waals surface area contributed by atoms with Gasteiger partial charge in [-0.15, -0.1) is 0 Å². The van der Waals surface area contributed by atoms with Gasteiger partial charge >= 0.3 is 0 Å². The Morgan fingerprint density at radius 1 is 1.47 bits per heavy atom. The molecule has 1 aliphatic rings. The third kappa shape index (κ3) is 3.18. The molecule has 0 bridgehead atoms. The summed E-state index contributed by atoms with van der Waals surface area (Å²) < 4.78 is 26.3. The Bertz CT molecular complexity index is 512. The molecule has 0 radical (unpaired) electrons. The van der Waals surface area contributed by atoms with Gasteiger partial charge in [0, 0.05) is 25.4 Å². The second-order valence-corrected chi connectivity index (χ2v) is 7.46. The number of thioether (sulfide) groups is 1. The first-order chi connectivity index (χ1) is 9.05. The Balaban J connectivity index is 2.18. The van der Waals surface area contributed by atoms with Crippen LogP contribution in [0.15, 0.2) is 17.3 Å². The molecule has 6 nitrogen and oxygen atoms in total. The molecule has 0 spiro atoms. The fourth-order valence-corrected chi connectivity index (χ4v) is 4.51. The predicted molar refractivity (Wildman–Crippen MR) is 76.9 cm³/mol. The lowest BCUT2D eigenvalue weighted by atomic mass is 10.3. The maximum absolute atomic E-state index is 12.4. The van der Waals surface area contributed by atoms with E-state index < -0.39 is 10.0 Å². The molecule has 1 aliphatic heterocycles. The molecule has 0 amide bonds. The summed E-state index contributed by atoms with van der Waals surface area (Å²) in [5, 5.41) is 2.94. The number of hydrogen-bond donors (Lipinski definition) is 1. The normalized spacial score (nSPS) is 19.8. The highest BCUT2D eigenvalue weighted by atomic mass is 32.2. The van der Waals surface area contributed by atoms with Gasteiger partial charge in [0.05, 0.1) is 12.4 Å². The van der Waals surface area contributed by atoms with E-state index in [4.69, 9.17) is 0 Å². The monoisotopic (exact) mass is 302 g/mol. The molecule has 1 aromatic heterocycles. The summed E-state index contributed by atoms with van der Waals surface area (Å²) in [6.45, 7) is 2.63. The molecule has 0 aromatic carbocycles. The number of sulfonamides is 1. The molecular formula is C11H18N4O2S2. The maximum Gasteiger partial charge on any atom is 0.246 e. The van der Waals surface area contributed by atoms with Gasteiger partial charge in [-0.3, -0.25) is 0 Å². The zero-order chi connectivity index (χ0) is 13.9. The van der Waals surface area contributed by atoms with Gasteiger partial charge in [0.1, 0.15) is 4.90 Å². The largest absolute Gasteiger partial charge is 0.355 e. The average molecular weight is 302 g/mol. The molecule has 2 heterocycles. The highest BCUT2D eigenvalue weighted by molar-refractivity contribution is 7.99. The van der Waals surface area contributed by atoms with Crippen molar-refractivity contribution in [1.29, 1.82) is 0 Å². The molecule has 1 fully saturated rings. The standard InChI is InChI=1S/C11H18N4O2S2/c1-3-12-11-13-6-10(7-14-11)19(16,17)15(2)9-4-5-18-8-9/h6-7,9H,3-5,8H2,1-2H3,(H,12,13,14). The van der Waals surface area contributed by atoms with Crippen LogP contribution in [0.4, 0.5) is 5.95 Å². The summed E-state index contributed by atoms with van der Waals surface area (Å²) in [6, 6.07) is 0.0726. The number of hydrogen-bond acceptors (Lipinski definition) is 6. The van der Waals surface area contributed by atoms with Crippen molar-refractivity contribution in [1.82, 2.24) is 14.3 Å². The van der Waals surface area contributed by atoms with Crippen molar-refractivity contribution in [3.05, 3.63) is 12.4 Å². The third-order valence-corrected chi connectivity index (χ3v) is 6.07. The van der Waals surface area contributed by atoms with E-state index in [0.717, 1.165) is 17.9 Å². The number of rotatable bonds is 5. The Morgan fingerprint density at radius 3 is 2.68 bits per heavy atom. The minimum absolute atomic E-state index is 0.0726. The molecule has 1 aromatic rings. The zero-order valence-electron chi connectivity index (χ0n) is 11.0. The van der Waals surface area contributed by atoms with Crippen LogP contribution >= 0.6 is 11.8 Å². The van der Waals surface area contributed by atoms with E-state index in [2.05, 4.69) is 15.3 Å². The molecule has 8 heteroatoms. The molecule has 19 heavy (non-hydrogen) atoms. The van der Waals surface area contributed by atoms with Gasteiger partial charge in [0.15, 0.2) is 0 Å².